The van der Waals surface area contributed by atoms with Gasteiger partial charge in [-0.2, -0.15) is 0 Å². The first-order chi connectivity index (χ1) is 25.0. The standard InChI is InChI=1S/C36H40F3IN6O6/c37-26-11-10-24(32(31(26)39)43-28-12-7-21(40)19-27(28)38)33(48)45-52-18-6-16-41-15-4-2-1-3-5-17-42-22-8-9-23-25(20-22)36(51)46(35(23)50)29-13-14-30(47)44-34(29)49/h7-12,19-20,29,35,41-43,50H,1-6,13-18H2,(H,45,48)(H,44,47,49). The van der Waals surface area contributed by atoms with Crippen LogP contribution in [-0.4, -0.2) is 65.9 Å². The van der Waals surface area contributed by atoms with E-state index in [1.54, 1.807) is 24.3 Å². The summed E-state index contributed by atoms with van der Waals surface area (Å²) in [5.41, 5.74) is 2.90. The fourth-order valence-corrected chi connectivity index (χ4v) is 6.48. The number of nitrogens with one attached hydrogen (secondary N) is 5. The molecule has 2 aliphatic rings. The van der Waals surface area contributed by atoms with Gasteiger partial charge >= 0.3 is 0 Å². The number of carbonyl (C=O) groups is 4. The second kappa shape index (κ2) is 18.5. The molecular formula is C36H40F3IN6O6. The summed E-state index contributed by atoms with van der Waals surface area (Å²) in [6.45, 7) is 2.35. The Bertz CT molecular complexity index is 1800. The lowest BCUT2D eigenvalue weighted by Crippen LogP contribution is -2.53. The number of nitrogens with zero attached hydrogens (tertiary/aromatic N) is 1. The lowest BCUT2D eigenvalue weighted by molar-refractivity contribution is -0.139. The summed E-state index contributed by atoms with van der Waals surface area (Å²) < 4.78 is 43.4. The van der Waals surface area contributed by atoms with Gasteiger partial charge in [0.15, 0.2) is 17.9 Å². The lowest BCUT2D eigenvalue weighted by atomic mass is 10.0. The summed E-state index contributed by atoms with van der Waals surface area (Å²) in [6, 6.07) is 10.3. The van der Waals surface area contributed by atoms with Crippen molar-refractivity contribution >= 4 is 63.3 Å². The van der Waals surface area contributed by atoms with E-state index in [-0.39, 0.29) is 36.6 Å². The molecule has 3 aromatic rings. The molecule has 0 spiro atoms. The van der Waals surface area contributed by atoms with Crippen LogP contribution >= 0.6 is 22.6 Å². The Morgan fingerprint density at radius 2 is 1.67 bits per heavy atom. The fourth-order valence-electron chi connectivity index (χ4n) is 6.03. The molecule has 1 saturated heterocycles. The van der Waals surface area contributed by atoms with Crippen LogP contribution in [0.15, 0.2) is 48.5 Å². The van der Waals surface area contributed by atoms with Crippen LogP contribution in [-0.2, 0) is 14.4 Å². The summed E-state index contributed by atoms with van der Waals surface area (Å²) in [7, 11) is 0. The Labute approximate surface area is 312 Å². The molecule has 0 aromatic heterocycles. The number of fused-ring (bicyclic) bond motifs is 1. The molecule has 0 aliphatic carbocycles. The molecule has 4 amide bonds. The Kier molecular flexibility index (Phi) is 13.8. The molecule has 278 valence electrons. The largest absolute Gasteiger partial charge is 0.385 e. The van der Waals surface area contributed by atoms with Crippen LogP contribution in [0.25, 0.3) is 0 Å². The van der Waals surface area contributed by atoms with E-state index in [9.17, 15) is 37.5 Å². The van der Waals surface area contributed by atoms with Crippen molar-refractivity contribution in [2.24, 2.45) is 0 Å². The Morgan fingerprint density at radius 3 is 2.44 bits per heavy atom. The van der Waals surface area contributed by atoms with Crippen molar-refractivity contribution in [1.29, 1.82) is 0 Å². The first kappa shape index (κ1) is 39.0. The highest BCUT2D eigenvalue weighted by Crippen LogP contribution is 2.36. The Balaban J connectivity index is 0.909. The number of piperidine rings is 1. The van der Waals surface area contributed by atoms with Crippen molar-refractivity contribution < 1.29 is 42.3 Å². The van der Waals surface area contributed by atoms with Gasteiger partial charge in [-0.05, 0) is 104 Å². The number of imide groups is 1. The van der Waals surface area contributed by atoms with E-state index < -0.39 is 53.1 Å². The van der Waals surface area contributed by atoms with Crippen molar-refractivity contribution in [2.45, 2.75) is 63.6 Å². The molecule has 12 nitrogen and oxygen atoms in total. The molecule has 2 unspecified atom stereocenters. The molecule has 2 heterocycles. The van der Waals surface area contributed by atoms with E-state index in [0.717, 1.165) is 61.4 Å². The summed E-state index contributed by atoms with van der Waals surface area (Å²) in [5, 5.41) is 22.1. The molecule has 5 rings (SSSR count). The number of hydrogen-bond donors (Lipinski definition) is 6. The molecule has 6 N–H and O–H groups in total. The Hall–Kier alpha value is -4.26. The van der Waals surface area contributed by atoms with Crippen LogP contribution in [0.4, 0.5) is 30.2 Å². The van der Waals surface area contributed by atoms with E-state index in [4.69, 9.17) is 4.84 Å². The topological polar surface area (TPSA) is 161 Å². The zero-order valence-electron chi connectivity index (χ0n) is 28.2. The second-order valence-electron chi connectivity index (χ2n) is 12.5. The number of rotatable bonds is 18. The van der Waals surface area contributed by atoms with Crippen molar-refractivity contribution in [3.05, 3.63) is 86.2 Å². The van der Waals surface area contributed by atoms with E-state index in [1.165, 1.54) is 12.1 Å². The minimum atomic E-state index is -1.31. The van der Waals surface area contributed by atoms with Crippen LogP contribution < -0.4 is 26.7 Å². The molecule has 0 radical (unpaired) electrons. The molecule has 52 heavy (non-hydrogen) atoms. The maximum absolute atomic E-state index is 14.6. The van der Waals surface area contributed by atoms with Gasteiger partial charge in [0.1, 0.15) is 11.9 Å². The third kappa shape index (κ3) is 9.78. The lowest BCUT2D eigenvalue weighted by Gasteiger charge is -2.31. The van der Waals surface area contributed by atoms with Gasteiger partial charge < -0.3 is 21.1 Å². The van der Waals surface area contributed by atoms with Crippen molar-refractivity contribution in [3.8, 4) is 0 Å². The number of anilines is 3. The number of unbranched alkanes of at least 4 members (excludes halogenated alkanes) is 4. The normalized spacial score (nSPS) is 16.9. The summed E-state index contributed by atoms with van der Waals surface area (Å²) >= 11 is 1.92. The quantitative estimate of drug-likeness (QED) is 0.0427. The summed E-state index contributed by atoms with van der Waals surface area (Å²) in [4.78, 5) is 55.9. The van der Waals surface area contributed by atoms with Crippen LogP contribution in [0.5, 0.6) is 0 Å². The van der Waals surface area contributed by atoms with Crippen LogP contribution in [0, 0.1) is 21.0 Å². The first-order valence-corrected chi connectivity index (χ1v) is 18.2. The van der Waals surface area contributed by atoms with E-state index >= 15 is 0 Å². The molecule has 2 atom stereocenters. The SMILES string of the molecule is O=C1CCC(N2C(=O)c3cc(NCCCCCCCNCCCONC(=O)c4ccc(F)c(F)c4Nc4ccc(I)cc4F)ccc3C2O)C(=O)N1. The average Bonchev–Trinajstić information content (AvgIpc) is 3.36. The summed E-state index contributed by atoms with van der Waals surface area (Å²) in [5.74, 6) is -5.40. The molecule has 0 bridgehead atoms. The molecule has 0 saturated carbocycles. The number of benzene rings is 3. The van der Waals surface area contributed by atoms with Gasteiger partial charge in [0, 0.05) is 33.4 Å². The number of aliphatic hydroxyl groups is 1. The second-order valence-corrected chi connectivity index (χ2v) is 13.7. The Morgan fingerprint density at radius 1 is 0.923 bits per heavy atom. The smallest absolute Gasteiger partial charge is 0.277 e. The molecule has 3 aromatic carbocycles. The van der Waals surface area contributed by atoms with Gasteiger partial charge in [-0.25, -0.2) is 18.7 Å². The first-order valence-electron chi connectivity index (χ1n) is 17.1. The molecule has 1 fully saturated rings. The zero-order valence-corrected chi connectivity index (χ0v) is 30.4. The maximum atomic E-state index is 14.6. The van der Waals surface area contributed by atoms with Gasteiger partial charge in [-0.15, -0.1) is 0 Å². The monoisotopic (exact) mass is 836 g/mol. The van der Waals surface area contributed by atoms with Gasteiger partial charge in [-0.3, -0.25) is 34.2 Å². The van der Waals surface area contributed by atoms with Gasteiger partial charge in [-0.1, -0.05) is 25.3 Å². The number of carbonyl (C=O) groups excluding carboxylic acids is 4. The molecule has 2 aliphatic heterocycles. The van der Waals surface area contributed by atoms with Gasteiger partial charge in [0.05, 0.1) is 23.5 Å². The highest BCUT2D eigenvalue weighted by Gasteiger charge is 2.44. The fraction of sp³-hybridized carbons (Fsp3) is 0.389. The average molecular weight is 837 g/mol. The van der Waals surface area contributed by atoms with E-state index in [0.29, 0.717) is 34.2 Å². The van der Waals surface area contributed by atoms with E-state index in [1.807, 2.05) is 22.6 Å². The van der Waals surface area contributed by atoms with Crippen LogP contribution in [0.3, 0.4) is 0 Å². The minimum Gasteiger partial charge on any atom is -0.385 e. The highest BCUT2D eigenvalue weighted by atomic mass is 127. The number of amides is 4. The highest BCUT2D eigenvalue weighted by molar-refractivity contribution is 14.1. The van der Waals surface area contributed by atoms with Crippen molar-refractivity contribution in [3.63, 3.8) is 0 Å². The number of hydroxylamine groups is 1. The minimum absolute atomic E-state index is 0.111. The van der Waals surface area contributed by atoms with E-state index in [2.05, 4.69) is 26.7 Å². The third-order valence-corrected chi connectivity index (χ3v) is 9.43. The predicted octanol–water partition coefficient (Wildman–Crippen LogP) is 5.41. The number of aliphatic hydroxyl groups excluding tert-OH is 1. The van der Waals surface area contributed by atoms with Crippen molar-refractivity contribution in [1.82, 2.24) is 21.0 Å². The molecular weight excluding hydrogens is 796 g/mol. The van der Waals surface area contributed by atoms with Gasteiger partial charge in [0.2, 0.25) is 11.8 Å². The van der Waals surface area contributed by atoms with Crippen molar-refractivity contribution in [2.75, 3.05) is 36.9 Å². The van der Waals surface area contributed by atoms with Crippen LogP contribution in [0.2, 0.25) is 0 Å². The third-order valence-electron chi connectivity index (χ3n) is 8.76. The molecule has 16 heteroatoms. The number of hydrogen-bond acceptors (Lipinski definition) is 9. The zero-order chi connectivity index (χ0) is 37.2. The van der Waals surface area contributed by atoms with Crippen LogP contribution in [0.1, 0.15) is 83.9 Å². The maximum Gasteiger partial charge on any atom is 0.277 e. The number of halogens is 4. The van der Waals surface area contributed by atoms with Gasteiger partial charge in [0.25, 0.3) is 11.8 Å². The predicted molar refractivity (Wildman–Crippen MR) is 195 cm³/mol. The summed E-state index contributed by atoms with van der Waals surface area (Å²) in [6.07, 6.45) is 4.64.